The van der Waals surface area contributed by atoms with Gasteiger partial charge in [-0.2, -0.15) is 0 Å². The maximum Gasteiger partial charge on any atom is 0.325 e. The van der Waals surface area contributed by atoms with Crippen LogP contribution in [0.5, 0.6) is 0 Å². The van der Waals surface area contributed by atoms with Gasteiger partial charge < -0.3 is 5.11 Å². The molecule has 0 radical (unpaired) electrons. The van der Waals surface area contributed by atoms with E-state index in [0.717, 1.165) is 21.2 Å². The van der Waals surface area contributed by atoms with Crippen LogP contribution in [-0.4, -0.2) is 28.4 Å². The molecule has 0 aromatic heterocycles. The van der Waals surface area contributed by atoms with Gasteiger partial charge in [0.1, 0.15) is 5.54 Å². The summed E-state index contributed by atoms with van der Waals surface area (Å²) in [4.78, 5) is 41.8. The second kappa shape index (κ2) is 8.49. The molecule has 0 aliphatic carbocycles. The van der Waals surface area contributed by atoms with E-state index in [1.54, 1.807) is 12.1 Å². The number of hydrogen-bond donors (Lipinski definition) is 2. The van der Waals surface area contributed by atoms with Crippen LogP contribution in [0.3, 0.4) is 0 Å². The van der Waals surface area contributed by atoms with E-state index in [2.05, 4.69) is 21.2 Å². The van der Waals surface area contributed by atoms with Crippen molar-refractivity contribution in [3.05, 3.63) is 100 Å². The standard InChI is InChI=1S/C27H23BrN2O4/c1-16-7-5-6-10-20(16)30-24(31)21-22(25(30)32)27(26(33)34,15-17-8-3-2-4-9-17)29-23(21)18-11-13-19(28)14-12-18/h2-14,21-23,29H,15H2,1H3,(H,33,34). The second-order valence-corrected chi connectivity index (χ2v) is 9.83. The molecule has 6 nitrogen and oxygen atoms in total. The molecule has 2 saturated heterocycles. The van der Waals surface area contributed by atoms with E-state index in [0.29, 0.717) is 5.69 Å². The van der Waals surface area contributed by atoms with Crippen molar-refractivity contribution in [1.29, 1.82) is 0 Å². The number of hydrogen-bond acceptors (Lipinski definition) is 4. The molecule has 2 fully saturated rings. The number of fused-ring (bicyclic) bond motifs is 1. The summed E-state index contributed by atoms with van der Waals surface area (Å²) < 4.78 is 0.870. The zero-order valence-electron chi connectivity index (χ0n) is 18.4. The third-order valence-corrected chi connectivity index (χ3v) is 7.48. The molecule has 2 N–H and O–H groups in total. The molecule has 2 aliphatic heterocycles. The largest absolute Gasteiger partial charge is 0.480 e. The number of nitrogens with zero attached hydrogens (tertiary/aromatic N) is 1. The Morgan fingerprint density at radius 1 is 0.971 bits per heavy atom. The smallest absolute Gasteiger partial charge is 0.325 e. The van der Waals surface area contributed by atoms with Crippen LogP contribution in [0.4, 0.5) is 5.69 Å². The summed E-state index contributed by atoms with van der Waals surface area (Å²) in [7, 11) is 0. The van der Waals surface area contributed by atoms with Crippen molar-refractivity contribution in [2.75, 3.05) is 4.90 Å². The first-order chi connectivity index (χ1) is 16.3. The number of carbonyl (C=O) groups excluding carboxylic acids is 2. The minimum atomic E-state index is -1.63. The van der Waals surface area contributed by atoms with Crippen molar-refractivity contribution < 1.29 is 19.5 Å². The molecule has 172 valence electrons. The number of aryl methyl sites for hydroxylation is 1. The Morgan fingerprint density at radius 2 is 1.62 bits per heavy atom. The van der Waals surface area contributed by atoms with E-state index in [9.17, 15) is 19.5 Å². The first-order valence-corrected chi connectivity index (χ1v) is 11.9. The lowest BCUT2D eigenvalue weighted by Crippen LogP contribution is -2.57. The van der Waals surface area contributed by atoms with Gasteiger partial charge in [-0.05, 0) is 41.8 Å². The summed E-state index contributed by atoms with van der Waals surface area (Å²) >= 11 is 3.43. The molecule has 3 aromatic carbocycles. The van der Waals surface area contributed by atoms with Gasteiger partial charge in [0, 0.05) is 16.9 Å². The van der Waals surface area contributed by atoms with Gasteiger partial charge in [-0.25, -0.2) is 4.90 Å². The number of nitrogens with one attached hydrogen (secondary N) is 1. The minimum absolute atomic E-state index is 0.0813. The minimum Gasteiger partial charge on any atom is -0.480 e. The molecule has 7 heteroatoms. The molecule has 4 atom stereocenters. The molecule has 34 heavy (non-hydrogen) atoms. The predicted molar refractivity (Wildman–Crippen MR) is 131 cm³/mol. The van der Waals surface area contributed by atoms with Crippen LogP contribution in [0.15, 0.2) is 83.3 Å². The predicted octanol–water partition coefficient (Wildman–Crippen LogP) is 4.27. The Kier molecular flexibility index (Phi) is 5.62. The second-order valence-electron chi connectivity index (χ2n) is 8.91. The van der Waals surface area contributed by atoms with Crippen molar-refractivity contribution in [2.24, 2.45) is 11.8 Å². The zero-order valence-corrected chi connectivity index (χ0v) is 20.0. The van der Waals surface area contributed by atoms with Gasteiger partial charge in [0.15, 0.2) is 0 Å². The summed E-state index contributed by atoms with van der Waals surface area (Å²) in [5.74, 6) is -3.88. The monoisotopic (exact) mass is 518 g/mol. The zero-order chi connectivity index (χ0) is 24.0. The molecule has 0 bridgehead atoms. The van der Waals surface area contributed by atoms with Crippen LogP contribution in [0, 0.1) is 18.8 Å². The third-order valence-electron chi connectivity index (χ3n) is 6.95. The van der Waals surface area contributed by atoms with Gasteiger partial charge in [0.25, 0.3) is 0 Å². The van der Waals surface area contributed by atoms with Crippen molar-refractivity contribution in [1.82, 2.24) is 5.32 Å². The highest BCUT2D eigenvalue weighted by Crippen LogP contribution is 2.51. The van der Waals surface area contributed by atoms with Crippen molar-refractivity contribution in [2.45, 2.75) is 24.9 Å². The topological polar surface area (TPSA) is 86.7 Å². The molecule has 5 rings (SSSR count). The van der Waals surface area contributed by atoms with E-state index in [1.807, 2.05) is 73.7 Å². The third kappa shape index (κ3) is 3.47. The Morgan fingerprint density at radius 3 is 2.26 bits per heavy atom. The Labute approximate surface area is 205 Å². The fourth-order valence-electron chi connectivity index (χ4n) is 5.36. The van der Waals surface area contributed by atoms with Crippen LogP contribution in [0.1, 0.15) is 22.7 Å². The lowest BCUT2D eigenvalue weighted by atomic mass is 9.76. The Balaban J connectivity index is 1.67. The summed E-state index contributed by atoms with van der Waals surface area (Å²) in [5, 5.41) is 13.8. The molecule has 2 amide bonds. The highest BCUT2D eigenvalue weighted by Gasteiger charge is 2.68. The normalized spacial score (nSPS) is 26.1. The molecular weight excluding hydrogens is 496 g/mol. The van der Waals surface area contributed by atoms with Gasteiger partial charge in [0.2, 0.25) is 11.8 Å². The van der Waals surface area contributed by atoms with Crippen molar-refractivity contribution in [3.8, 4) is 0 Å². The fourth-order valence-corrected chi connectivity index (χ4v) is 5.63. The van der Waals surface area contributed by atoms with Gasteiger partial charge in [-0.15, -0.1) is 0 Å². The SMILES string of the molecule is Cc1ccccc1N1C(=O)C2C(c3ccc(Br)cc3)NC(Cc3ccccc3)(C(=O)O)C2C1=O. The maximum absolute atomic E-state index is 13.9. The summed E-state index contributed by atoms with van der Waals surface area (Å²) in [6.07, 6.45) is 0.0813. The number of rotatable bonds is 5. The van der Waals surface area contributed by atoms with Crippen LogP contribution < -0.4 is 10.2 Å². The summed E-state index contributed by atoms with van der Waals surface area (Å²) in [6.45, 7) is 1.84. The quantitative estimate of drug-likeness (QED) is 0.492. The lowest BCUT2D eigenvalue weighted by molar-refractivity contribution is -0.148. The molecule has 3 aromatic rings. The molecule has 0 spiro atoms. The van der Waals surface area contributed by atoms with E-state index >= 15 is 0 Å². The first kappa shape index (κ1) is 22.5. The number of benzene rings is 3. The molecule has 0 saturated carbocycles. The van der Waals surface area contributed by atoms with Gasteiger partial charge in [-0.3, -0.25) is 19.7 Å². The van der Waals surface area contributed by atoms with Crippen LogP contribution in [0.25, 0.3) is 0 Å². The molecule has 4 unspecified atom stereocenters. The number of amides is 2. The van der Waals surface area contributed by atoms with Crippen molar-refractivity contribution >= 4 is 39.4 Å². The Hall–Kier alpha value is -3.29. The van der Waals surface area contributed by atoms with Gasteiger partial charge in [-0.1, -0.05) is 76.6 Å². The molecule has 2 heterocycles. The van der Waals surface area contributed by atoms with Gasteiger partial charge >= 0.3 is 5.97 Å². The van der Waals surface area contributed by atoms with Crippen LogP contribution in [-0.2, 0) is 20.8 Å². The fraction of sp³-hybridized carbons (Fsp3) is 0.222. The number of anilines is 1. The average molecular weight is 519 g/mol. The number of carboxylic acids is 1. The lowest BCUT2D eigenvalue weighted by Gasteiger charge is -2.31. The van der Waals surface area contributed by atoms with Crippen LogP contribution in [0.2, 0.25) is 0 Å². The first-order valence-electron chi connectivity index (χ1n) is 11.1. The molecular formula is C27H23BrN2O4. The van der Waals surface area contributed by atoms with E-state index in [-0.39, 0.29) is 12.3 Å². The number of aliphatic carboxylic acids is 1. The number of para-hydroxylation sites is 1. The van der Waals surface area contributed by atoms with E-state index < -0.39 is 35.3 Å². The van der Waals surface area contributed by atoms with E-state index in [4.69, 9.17) is 0 Å². The highest BCUT2D eigenvalue weighted by atomic mass is 79.9. The van der Waals surface area contributed by atoms with Crippen molar-refractivity contribution in [3.63, 3.8) is 0 Å². The number of carbonyl (C=O) groups is 3. The number of carboxylic acid groups (broad SMARTS) is 1. The highest BCUT2D eigenvalue weighted by molar-refractivity contribution is 9.10. The number of imide groups is 1. The maximum atomic E-state index is 13.9. The summed E-state index contributed by atoms with van der Waals surface area (Å²) in [6, 6.07) is 23.2. The van der Waals surface area contributed by atoms with E-state index in [1.165, 1.54) is 4.90 Å². The molecule has 2 aliphatic rings. The van der Waals surface area contributed by atoms with Crippen LogP contribution >= 0.6 is 15.9 Å². The Bertz CT molecular complexity index is 1280. The number of halogens is 1. The van der Waals surface area contributed by atoms with Gasteiger partial charge in [0.05, 0.1) is 17.5 Å². The summed E-state index contributed by atoms with van der Waals surface area (Å²) in [5.41, 5.74) is 1.19. The average Bonchev–Trinajstić information content (AvgIpc) is 3.30.